The molecule has 0 saturated carbocycles. The molecule has 2 aromatic rings. The van der Waals surface area contributed by atoms with Gasteiger partial charge in [-0.2, -0.15) is 0 Å². The number of carbonyl (C=O) groups excluding carboxylic acids is 1. The summed E-state index contributed by atoms with van der Waals surface area (Å²) in [5.41, 5.74) is -0.810. The number of aromatic nitrogens is 1. The van der Waals surface area contributed by atoms with Crippen LogP contribution in [0.25, 0.3) is 11.5 Å². The first-order chi connectivity index (χ1) is 9.43. The van der Waals surface area contributed by atoms with Gasteiger partial charge >= 0.3 is 5.97 Å². The molecule has 0 atom stereocenters. The van der Waals surface area contributed by atoms with Gasteiger partial charge in [0.1, 0.15) is 28.8 Å². The van der Waals surface area contributed by atoms with Gasteiger partial charge in [-0.05, 0) is 13.8 Å². The van der Waals surface area contributed by atoms with Gasteiger partial charge in [0, 0.05) is 12.1 Å². The zero-order chi connectivity index (χ0) is 14.9. The number of hydrogen-bond acceptors (Lipinski definition) is 4. The van der Waals surface area contributed by atoms with Crippen molar-refractivity contribution < 1.29 is 27.1 Å². The van der Waals surface area contributed by atoms with E-state index in [-0.39, 0.29) is 18.1 Å². The van der Waals surface area contributed by atoms with Gasteiger partial charge in [0.05, 0.1) is 6.61 Å². The highest BCUT2D eigenvalue weighted by molar-refractivity contribution is 5.88. The van der Waals surface area contributed by atoms with Crippen LogP contribution in [0.15, 0.2) is 16.5 Å². The second kappa shape index (κ2) is 5.36. The molecule has 0 N–H and O–H groups in total. The molecule has 0 radical (unpaired) electrons. The molecule has 0 fully saturated rings. The molecule has 0 unspecified atom stereocenters. The van der Waals surface area contributed by atoms with Crippen LogP contribution in [0.3, 0.4) is 0 Å². The van der Waals surface area contributed by atoms with Crippen LogP contribution >= 0.6 is 0 Å². The lowest BCUT2D eigenvalue weighted by Gasteiger charge is -2.00. The Balaban J connectivity index is 2.50. The summed E-state index contributed by atoms with van der Waals surface area (Å²) in [7, 11) is 0. The molecule has 4 nitrogen and oxygen atoms in total. The van der Waals surface area contributed by atoms with E-state index in [2.05, 4.69) is 4.98 Å². The normalized spacial score (nSPS) is 10.7. The number of carbonyl (C=O) groups is 1. The van der Waals surface area contributed by atoms with Crippen LogP contribution in [0.2, 0.25) is 0 Å². The first-order valence-corrected chi connectivity index (χ1v) is 5.73. The van der Waals surface area contributed by atoms with Gasteiger partial charge in [0.15, 0.2) is 5.69 Å². The summed E-state index contributed by atoms with van der Waals surface area (Å²) in [6.45, 7) is 3.13. The van der Waals surface area contributed by atoms with E-state index < -0.39 is 34.9 Å². The van der Waals surface area contributed by atoms with E-state index >= 15 is 0 Å². The van der Waals surface area contributed by atoms with E-state index in [9.17, 15) is 18.0 Å². The van der Waals surface area contributed by atoms with Crippen molar-refractivity contribution in [3.05, 3.63) is 41.0 Å². The van der Waals surface area contributed by atoms with E-state index in [1.165, 1.54) is 6.92 Å². The maximum Gasteiger partial charge on any atom is 0.360 e. The SMILES string of the molecule is CCOC(=O)c1nc(-c2c(F)cc(F)cc2F)oc1C. The number of rotatable bonds is 3. The second-order valence-corrected chi connectivity index (χ2v) is 3.89. The molecule has 1 heterocycles. The molecule has 0 aliphatic heterocycles. The Morgan fingerprint density at radius 3 is 2.45 bits per heavy atom. The van der Waals surface area contributed by atoms with Crippen molar-refractivity contribution in [1.29, 1.82) is 0 Å². The lowest BCUT2D eigenvalue weighted by Crippen LogP contribution is -2.06. The fourth-order valence-corrected chi connectivity index (χ4v) is 1.64. The van der Waals surface area contributed by atoms with E-state index in [1.54, 1.807) is 6.92 Å². The third-order valence-electron chi connectivity index (χ3n) is 2.49. The fraction of sp³-hybridized carbons (Fsp3) is 0.231. The predicted molar refractivity (Wildman–Crippen MR) is 62.5 cm³/mol. The van der Waals surface area contributed by atoms with Crippen LogP contribution in [0.4, 0.5) is 13.2 Å². The molecule has 20 heavy (non-hydrogen) atoms. The smallest absolute Gasteiger partial charge is 0.360 e. The third-order valence-corrected chi connectivity index (χ3v) is 2.49. The van der Waals surface area contributed by atoms with Crippen molar-refractivity contribution in [3.63, 3.8) is 0 Å². The molecule has 0 bridgehead atoms. The van der Waals surface area contributed by atoms with Crippen molar-refractivity contribution in [1.82, 2.24) is 4.98 Å². The zero-order valence-electron chi connectivity index (χ0n) is 10.7. The van der Waals surface area contributed by atoms with Crippen LogP contribution in [-0.4, -0.2) is 17.6 Å². The first kappa shape index (κ1) is 14.1. The van der Waals surface area contributed by atoms with Gasteiger partial charge < -0.3 is 9.15 Å². The van der Waals surface area contributed by atoms with Gasteiger partial charge in [0.2, 0.25) is 5.89 Å². The molecular weight excluding hydrogens is 275 g/mol. The van der Waals surface area contributed by atoms with Crippen molar-refractivity contribution >= 4 is 5.97 Å². The topological polar surface area (TPSA) is 52.3 Å². The summed E-state index contributed by atoms with van der Waals surface area (Å²) in [6.07, 6.45) is 0. The van der Waals surface area contributed by atoms with Crippen LogP contribution in [0.5, 0.6) is 0 Å². The molecule has 0 spiro atoms. The van der Waals surface area contributed by atoms with E-state index in [0.29, 0.717) is 12.1 Å². The van der Waals surface area contributed by atoms with E-state index in [4.69, 9.17) is 9.15 Å². The number of nitrogens with zero attached hydrogens (tertiary/aromatic N) is 1. The van der Waals surface area contributed by atoms with E-state index in [0.717, 1.165) is 0 Å². The minimum Gasteiger partial charge on any atom is -0.461 e. The monoisotopic (exact) mass is 285 g/mol. The molecule has 1 aromatic heterocycles. The summed E-state index contributed by atoms with van der Waals surface area (Å²) >= 11 is 0. The Morgan fingerprint density at radius 1 is 1.30 bits per heavy atom. The number of oxazole rings is 1. The quantitative estimate of drug-likeness (QED) is 0.812. The van der Waals surface area contributed by atoms with Crippen molar-refractivity contribution in [2.24, 2.45) is 0 Å². The Hall–Kier alpha value is -2.31. The zero-order valence-corrected chi connectivity index (χ0v) is 10.7. The lowest BCUT2D eigenvalue weighted by molar-refractivity contribution is 0.0518. The Kier molecular flexibility index (Phi) is 3.78. The average Bonchev–Trinajstić information content (AvgIpc) is 2.70. The fourth-order valence-electron chi connectivity index (χ4n) is 1.64. The molecule has 0 amide bonds. The molecule has 106 valence electrons. The molecule has 0 saturated heterocycles. The minimum atomic E-state index is -1.17. The standard InChI is InChI=1S/C13H10F3NO3/c1-3-19-13(18)11-6(2)20-12(17-11)10-8(15)4-7(14)5-9(10)16/h4-5H,3H2,1-2H3. The molecule has 0 aliphatic rings. The van der Waals surface area contributed by atoms with Gasteiger partial charge in [-0.3, -0.25) is 0 Å². The average molecular weight is 285 g/mol. The number of benzene rings is 1. The predicted octanol–water partition coefficient (Wildman–Crippen LogP) is 3.24. The van der Waals surface area contributed by atoms with Gasteiger partial charge in [-0.15, -0.1) is 0 Å². The second-order valence-electron chi connectivity index (χ2n) is 3.89. The number of aryl methyl sites for hydroxylation is 1. The Morgan fingerprint density at radius 2 is 1.90 bits per heavy atom. The molecule has 1 aromatic carbocycles. The van der Waals surface area contributed by atoms with Gasteiger partial charge in [0.25, 0.3) is 0 Å². The molecular formula is C13H10F3NO3. The summed E-state index contributed by atoms with van der Waals surface area (Å²) in [6, 6.07) is 1.00. The molecule has 0 aliphatic carbocycles. The molecule has 2 rings (SSSR count). The van der Waals surface area contributed by atoms with Crippen molar-refractivity contribution in [2.75, 3.05) is 6.61 Å². The van der Waals surface area contributed by atoms with Crippen LogP contribution in [0, 0.1) is 24.4 Å². The highest BCUT2D eigenvalue weighted by atomic mass is 19.1. The minimum absolute atomic E-state index is 0.0570. The largest absolute Gasteiger partial charge is 0.461 e. The highest BCUT2D eigenvalue weighted by Crippen LogP contribution is 2.28. The Labute approximate surface area is 112 Å². The molecule has 7 heteroatoms. The maximum absolute atomic E-state index is 13.6. The maximum atomic E-state index is 13.6. The Bertz CT molecular complexity index is 644. The first-order valence-electron chi connectivity index (χ1n) is 5.73. The van der Waals surface area contributed by atoms with E-state index in [1.807, 2.05) is 0 Å². The number of esters is 1. The van der Waals surface area contributed by atoms with Crippen molar-refractivity contribution in [3.8, 4) is 11.5 Å². The van der Waals surface area contributed by atoms with Gasteiger partial charge in [-0.1, -0.05) is 0 Å². The number of hydrogen-bond donors (Lipinski definition) is 0. The van der Waals surface area contributed by atoms with Crippen LogP contribution in [-0.2, 0) is 4.74 Å². The van der Waals surface area contributed by atoms with Gasteiger partial charge in [-0.25, -0.2) is 22.9 Å². The number of ether oxygens (including phenoxy) is 1. The van der Waals surface area contributed by atoms with Crippen LogP contribution in [0.1, 0.15) is 23.2 Å². The van der Waals surface area contributed by atoms with Crippen LogP contribution < -0.4 is 0 Å². The lowest BCUT2D eigenvalue weighted by atomic mass is 10.2. The third kappa shape index (κ3) is 2.52. The number of halogens is 3. The highest BCUT2D eigenvalue weighted by Gasteiger charge is 2.23. The summed E-state index contributed by atoms with van der Waals surface area (Å²) in [5.74, 6) is -4.54. The summed E-state index contributed by atoms with van der Waals surface area (Å²) < 4.78 is 49.8. The summed E-state index contributed by atoms with van der Waals surface area (Å²) in [4.78, 5) is 15.2. The van der Waals surface area contributed by atoms with Crippen molar-refractivity contribution in [2.45, 2.75) is 13.8 Å². The summed E-state index contributed by atoms with van der Waals surface area (Å²) in [5, 5.41) is 0.